The number of rotatable bonds is 8. The van der Waals surface area contributed by atoms with Crippen LogP contribution in [0, 0.1) is 6.92 Å². The van der Waals surface area contributed by atoms with Gasteiger partial charge in [0, 0.05) is 41.2 Å². The lowest BCUT2D eigenvalue weighted by Gasteiger charge is -2.05. The van der Waals surface area contributed by atoms with Crippen molar-refractivity contribution < 1.29 is 4.74 Å². The van der Waals surface area contributed by atoms with E-state index in [1.165, 1.54) is 21.0 Å². The summed E-state index contributed by atoms with van der Waals surface area (Å²) in [5, 5.41) is 7.86. The van der Waals surface area contributed by atoms with Gasteiger partial charge in [0.2, 0.25) is 0 Å². The molecule has 2 aromatic heterocycles. The molecule has 0 radical (unpaired) electrons. The molecule has 0 saturated heterocycles. The summed E-state index contributed by atoms with van der Waals surface area (Å²) in [6.45, 7) is 7.65. The fourth-order valence-corrected chi connectivity index (χ4v) is 3.00. The standard InChI is InChI=1S/C15H23N3OS/c1-4-14-5-6-15(20-14)11-18-12(2)13(10-17-18)9-16-7-8-19-3/h5-6,10,16H,4,7-9,11H2,1-3H3. The molecule has 0 aliphatic rings. The Morgan fingerprint density at radius 1 is 1.35 bits per heavy atom. The Bertz CT molecular complexity index is 533. The minimum Gasteiger partial charge on any atom is -0.383 e. The van der Waals surface area contributed by atoms with E-state index in [9.17, 15) is 0 Å². The first-order chi connectivity index (χ1) is 9.74. The van der Waals surface area contributed by atoms with E-state index in [0.29, 0.717) is 0 Å². The molecule has 0 amide bonds. The highest BCUT2D eigenvalue weighted by Gasteiger charge is 2.07. The summed E-state index contributed by atoms with van der Waals surface area (Å²) in [5.74, 6) is 0. The van der Waals surface area contributed by atoms with Crippen LogP contribution in [0.1, 0.15) is 27.9 Å². The maximum absolute atomic E-state index is 5.03. The fourth-order valence-electron chi connectivity index (χ4n) is 2.06. The van der Waals surface area contributed by atoms with Crippen molar-refractivity contribution in [2.45, 2.75) is 33.4 Å². The van der Waals surface area contributed by atoms with Gasteiger partial charge in [-0.2, -0.15) is 5.10 Å². The van der Waals surface area contributed by atoms with Crippen molar-refractivity contribution in [1.29, 1.82) is 0 Å². The highest BCUT2D eigenvalue weighted by atomic mass is 32.1. The maximum atomic E-state index is 5.03. The first-order valence-electron chi connectivity index (χ1n) is 7.03. The smallest absolute Gasteiger partial charge is 0.0755 e. The number of aryl methyl sites for hydroxylation is 1. The van der Waals surface area contributed by atoms with Crippen LogP contribution < -0.4 is 5.32 Å². The molecule has 1 N–H and O–H groups in total. The lowest BCUT2D eigenvalue weighted by atomic mass is 10.2. The highest BCUT2D eigenvalue weighted by Crippen LogP contribution is 2.19. The molecule has 0 aromatic carbocycles. The van der Waals surface area contributed by atoms with Gasteiger partial charge in [-0.25, -0.2) is 0 Å². The topological polar surface area (TPSA) is 39.1 Å². The number of nitrogens with one attached hydrogen (secondary N) is 1. The number of methoxy groups -OCH3 is 1. The van der Waals surface area contributed by atoms with E-state index in [0.717, 1.165) is 32.7 Å². The number of hydrogen-bond donors (Lipinski definition) is 1. The van der Waals surface area contributed by atoms with Gasteiger partial charge in [-0.05, 0) is 25.5 Å². The average Bonchev–Trinajstić information content (AvgIpc) is 3.04. The second kappa shape index (κ2) is 7.57. The predicted octanol–water partition coefficient (Wildman–Crippen LogP) is 2.60. The highest BCUT2D eigenvalue weighted by molar-refractivity contribution is 7.11. The minimum atomic E-state index is 0.738. The van der Waals surface area contributed by atoms with Gasteiger partial charge in [-0.3, -0.25) is 4.68 Å². The third kappa shape index (κ3) is 3.91. The first-order valence-corrected chi connectivity index (χ1v) is 7.84. The third-order valence-corrected chi connectivity index (χ3v) is 4.59. The van der Waals surface area contributed by atoms with Gasteiger partial charge < -0.3 is 10.1 Å². The summed E-state index contributed by atoms with van der Waals surface area (Å²) in [7, 11) is 1.72. The zero-order valence-electron chi connectivity index (χ0n) is 12.5. The monoisotopic (exact) mass is 293 g/mol. The number of hydrogen-bond acceptors (Lipinski definition) is 4. The van der Waals surface area contributed by atoms with E-state index in [-0.39, 0.29) is 0 Å². The molecular weight excluding hydrogens is 270 g/mol. The van der Waals surface area contributed by atoms with Crippen molar-refractivity contribution in [2.75, 3.05) is 20.3 Å². The van der Waals surface area contributed by atoms with Crippen molar-refractivity contribution in [3.8, 4) is 0 Å². The molecule has 0 spiro atoms. The van der Waals surface area contributed by atoms with Crippen molar-refractivity contribution in [3.05, 3.63) is 39.3 Å². The Labute approximate surface area is 124 Å². The van der Waals surface area contributed by atoms with Crippen molar-refractivity contribution >= 4 is 11.3 Å². The van der Waals surface area contributed by atoms with E-state index in [2.05, 4.69) is 41.1 Å². The van der Waals surface area contributed by atoms with Crippen molar-refractivity contribution in [3.63, 3.8) is 0 Å². The van der Waals surface area contributed by atoms with Crippen LogP contribution in [-0.4, -0.2) is 30.0 Å². The summed E-state index contributed by atoms with van der Waals surface area (Å²) in [4.78, 5) is 2.80. The fraction of sp³-hybridized carbons (Fsp3) is 0.533. The van der Waals surface area contributed by atoms with Crippen LogP contribution in [0.4, 0.5) is 0 Å². The SMILES string of the molecule is CCc1ccc(Cn2ncc(CNCCOC)c2C)s1. The van der Waals surface area contributed by atoms with E-state index in [1.54, 1.807) is 7.11 Å². The molecule has 2 aromatic rings. The number of aromatic nitrogens is 2. The van der Waals surface area contributed by atoms with E-state index in [1.807, 2.05) is 17.5 Å². The molecule has 0 aliphatic carbocycles. The Morgan fingerprint density at radius 3 is 2.85 bits per heavy atom. The summed E-state index contributed by atoms with van der Waals surface area (Å²) in [5.41, 5.74) is 2.50. The van der Waals surface area contributed by atoms with Gasteiger partial charge in [0.15, 0.2) is 0 Å². The first kappa shape index (κ1) is 15.2. The van der Waals surface area contributed by atoms with E-state index < -0.39 is 0 Å². The van der Waals surface area contributed by atoms with E-state index >= 15 is 0 Å². The number of thiophene rings is 1. The Morgan fingerprint density at radius 2 is 2.15 bits per heavy atom. The predicted molar refractivity (Wildman–Crippen MR) is 83.3 cm³/mol. The molecule has 0 unspecified atom stereocenters. The molecule has 2 rings (SSSR count). The van der Waals surface area contributed by atoms with Crippen molar-refractivity contribution in [1.82, 2.24) is 15.1 Å². The van der Waals surface area contributed by atoms with Crippen LogP contribution in [0.3, 0.4) is 0 Å². The van der Waals surface area contributed by atoms with Gasteiger partial charge in [-0.1, -0.05) is 6.92 Å². The maximum Gasteiger partial charge on any atom is 0.0755 e. The Kier molecular flexibility index (Phi) is 5.76. The van der Waals surface area contributed by atoms with Gasteiger partial charge in [0.05, 0.1) is 19.3 Å². The summed E-state index contributed by atoms with van der Waals surface area (Å²) >= 11 is 1.88. The normalized spacial score (nSPS) is 11.2. The summed E-state index contributed by atoms with van der Waals surface area (Å²) in [6.07, 6.45) is 3.07. The zero-order valence-corrected chi connectivity index (χ0v) is 13.3. The van der Waals surface area contributed by atoms with Gasteiger partial charge >= 0.3 is 0 Å². The molecule has 0 aliphatic heterocycles. The molecule has 110 valence electrons. The lowest BCUT2D eigenvalue weighted by Crippen LogP contribution is -2.18. The third-order valence-electron chi connectivity index (χ3n) is 3.37. The van der Waals surface area contributed by atoms with Gasteiger partial charge in [0.25, 0.3) is 0 Å². The number of ether oxygens (including phenoxy) is 1. The Hall–Kier alpha value is -1.17. The van der Waals surface area contributed by atoms with Crippen LogP contribution in [0.25, 0.3) is 0 Å². The largest absolute Gasteiger partial charge is 0.383 e. The number of nitrogens with zero attached hydrogens (tertiary/aromatic N) is 2. The van der Waals surface area contributed by atoms with Crippen LogP contribution in [-0.2, 0) is 24.2 Å². The quantitative estimate of drug-likeness (QED) is 0.760. The van der Waals surface area contributed by atoms with Crippen LogP contribution >= 0.6 is 11.3 Å². The summed E-state index contributed by atoms with van der Waals surface area (Å²) < 4.78 is 7.11. The molecular formula is C15H23N3OS. The van der Waals surface area contributed by atoms with Gasteiger partial charge in [0.1, 0.15) is 0 Å². The molecule has 20 heavy (non-hydrogen) atoms. The minimum absolute atomic E-state index is 0.738. The molecule has 5 heteroatoms. The molecule has 0 fully saturated rings. The zero-order chi connectivity index (χ0) is 14.4. The van der Waals surface area contributed by atoms with Crippen LogP contribution in [0.5, 0.6) is 0 Å². The van der Waals surface area contributed by atoms with Crippen LogP contribution in [0.2, 0.25) is 0 Å². The molecule has 0 bridgehead atoms. The van der Waals surface area contributed by atoms with Gasteiger partial charge in [-0.15, -0.1) is 11.3 Å². The molecule has 0 atom stereocenters. The lowest BCUT2D eigenvalue weighted by molar-refractivity contribution is 0.199. The molecule has 4 nitrogen and oxygen atoms in total. The summed E-state index contributed by atoms with van der Waals surface area (Å²) in [6, 6.07) is 4.42. The average molecular weight is 293 g/mol. The molecule has 2 heterocycles. The second-order valence-electron chi connectivity index (χ2n) is 4.80. The van der Waals surface area contributed by atoms with Crippen molar-refractivity contribution in [2.24, 2.45) is 0 Å². The van der Waals surface area contributed by atoms with Crippen LogP contribution in [0.15, 0.2) is 18.3 Å². The molecule has 0 saturated carbocycles. The Balaban J connectivity index is 1.94. The second-order valence-corrected chi connectivity index (χ2v) is 6.06. The van der Waals surface area contributed by atoms with E-state index in [4.69, 9.17) is 4.74 Å².